The molecule has 1 aromatic rings. The molecule has 1 N–H and O–H groups in total. The van der Waals surface area contributed by atoms with Crippen molar-refractivity contribution >= 4 is 0 Å². The molecule has 84 valence electrons. The summed E-state index contributed by atoms with van der Waals surface area (Å²) < 4.78 is 1.92. The largest absolute Gasteiger partial charge is 0.314 e. The molecule has 1 fully saturated rings. The highest BCUT2D eigenvalue weighted by atomic mass is 15.4. The van der Waals surface area contributed by atoms with Gasteiger partial charge in [0, 0.05) is 19.0 Å². The maximum absolute atomic E-state index is 4.01. The minimum Gasteiger partial charge on any atom is -0.314 e. The molecule has 0 aromatic carbocycles. The molecule has 15 heavy (non-hydrogen) atoms. The lowest BCUT2D eigenvalue weighted by atomic mass is 9.84. The quantitative estimate of drug-likeness (QED) is 0.817. The Morgan fingerprint density at radius 2 is 2.40 bits per heavy atom. The van der Waals surface area contributed by atoms with Crippen molar-refractivity contribution in [1.82, 2.24) is 20.3 Å². The van der Waals surface area contributed by atoms with Gasteiger partial charge in [0.1, 0.15) is 0 Å². The molecule has 0 spiro atoms. The highest BCUT2D eigenvalue weighted by Gasteiger charge is 2.24. The zero-order valence-corrected chi connectivity index (χ0v) is 9.61. The van der Waals surface area contributed by atoms with Crippen molar-refractivity contribution in [1.29, 1.82) is 0 Å². The van der Waals surface area contributed by atoms with Crippen molar-refractivity contribution < 1.29 is 0 Å². The Morgan fingerprint density at radius 3 is 3.07 bits per heavy atom. The van der Waals surface area contributed by atoms with E-state index in [-0.39, 0.29) is 0 Å². The second-order valence-electron chi connectivity index (χ2n) is 4.40. The van der Waals surface area contributed by atoms with Crippen LogP contribution in [0.25, 0.3) is 0 Å². The Morgan fingerprint density at radius 1 is 1.53 bits per heavy atom. The highest BCUT2D eigenvalue weighted by Crippen LogP contribution is 2.31. The third-order valence-corrected chi connectivity index (χ3v) is 3.33. The van der Waals surface area contributed by atoms with E-state index in [1.807, 2.05) is 17.9 Å². The van der Waals surface area contributed by atoms with Crippen molar-refractivity contribution in [3.8, 4) is 0 Å². The first-order chi connectivity index (χ1) is 7.31. The molecule has 4 heteroatoms. The molecule has 1 saturated carbocycles. The Hall–Kier alpha value is -0.900. The fourth-order valence-electron chi connectivity index (χ4n) is 2.60. The number of rotatable bonds is 3. The van der Waals surface area contributed by atoms with Crippen molar-refractivity contribution in [3.63, 3.8) is 0 Å². The van der Waals surface area contributed by atoms with E-state index in [2.05, 4.69) is 22.6 Å². The first-order valence-electron chi connectivity index (χ1n) is 5.89. The third kappa shape index (κ3) is 2.37. The molecule has 0 amide bonds. The van der Waals surface area contributed by atoms with Gasteiger partial charge < -0.3 is 5.32 Å². The van der Waals surface area contributed by atoms with E-state index >= 15 is 0 Å². The molecule has 2 unspecified atom stereocenters. The van der Waals surface area contributed by atoms with Gasteiger partial charge in [-0.25, -0.2) is 0 Å². The predicted octanol–water partition coefficient (Wildman–Crippen LogP) is 1.45. The molecule has 0 saturated heterocycles. The lowest BCUT2D eigenvalue weighted by Crippen LogP contribution is -2.33. The molecule has 4 nitrogen and oxygen atoms in total. The average Bonchev–Trinajstić information content (AvgIpc) is 2.65. The Labute approximate surface area is 91.1 Å². The van der Waals surface area contributed by atoms with Gasteiger partial charge in [-0.1, -0.05) is 18.6 Å². The summed E-state index contributed by atoms with van der Waals surface area (Å²) in [6, 6.07) is 0.684. The van der Waals surface area contributed by atoms with E-state index in [0.29, 0.717) is 12.0 Å². The van der Waals surface area contributed by atoms with Crippen molar-refractivity contribution in [3.05, 3.63) is 11.9 Å². The molecular weight excluding hydrogens is 188 g/mol. The number of nitrogens with one attached hydrogen (secondary N) is 1. The van der Waals surface area contributed by atoms with Gasteiger partial charge >= 0.3 is 0 Å². The molecule has 2 rings (SSSR count). The van der Waals surface area contributed by atoms with Gasteiger partial charge in [-0.05, 0) is 25.8 Å². The van der Waals surface area contributed by atoms with E-state index in [9.17, 15) is 0 Å². The number of nitrogens with zero attached hydrogens (tertiary/aromatic N) is 3. The van der Waals surface area contributed by atoms with Gasteiger partial charge in [-0.15, -0.1) is 5.10 Å². The number of hydrogen-bond acceptors (Lipinski definition) is 3. The highest BCUT2D eigenvalue weighted by molar-refractivity contribution is 5.05. The summed E-state index contributed by atoms with van der Waals surface area (Å²) in [5.74, 6) is 0.641. The Kier molecular flexibility index (Phi) is 3.36. The summed E-state index contributed by atoms with van der Waals surface area (Å²) in [5.41, 5.74) is 1.29. The molecule has 0 radical (unpaired) electrons. The standard InChI is InChI=1S/C11H20N4/c1-3-12-10-6-4-5-9(7-10)11-8-13-14-15(11)2/h8-10,12H,3-7H2,1-2H3. The molecule has 0 aliphatic heterocycles. The summed E-state index contributed by atoms with van der Waals surface area (Å²) >= 11 is 0. The van der Waals surface area contributed by atoms with E-state index in [1.54, 1.807) is 0 Å². The van der Waals surface area contributed by atoms with Gasteiger partial charge in [0.15, 0.2) is 0 Å². The molecule has 1 aliphatic rings. The fourth-order valence-corrected chi connectivity index (χ4v) is 2.60. The van der Waals surface area contributed by atoms with Crippen LogP contribution in [-0.2, 0) is 7.05 Å². The summed E-state index contributed by atoms with van der Waals surface area (Å²) in [4.78, 5) is 0. The van der Waals surface area contributed by atoms with Crippen LogP contribution < -0.4 is 5.32 Å². The minimum atomic E-state index is 0.641. The Balaban J connectivity index is 2.01. The van der Waals surface area contributed by atoms with Gasteiger partial charge in [0.25, 0.3) is 0 Å². The molecule has 1 aliphatic carbocycles. The number of hydrogen-bond donors (Lipinski definition) is 1. The van der Waals surface area contributed by atoms with Crippen LogP contribution in [0, 0.1) is 0 Å². The topological polar surface area (TPSA) is 42.7 Å². The number of aromatic nitrogens is 3. The summed E-state index contributed by atoms with van der Waals surface area (Å²) in [7, 11) is 1.99. The molecule has 2 atom stereocenters. The van der Waals surface area contributed by atoms with Gasteiger partial charge in [0.05, 0.1) is 11.9 Å². The Bertz CT molecular complexity index is 305. The van der Waals surface area contributed by atoms with E-state index in [1.165, 1.54) is 31.4 Å². The summed E-state index contributed by atoms with van der Waals surface area (Å²) in [6.07, 6.45) is 7.06. The summed E-state index contributed by atoms with van der Waals surface area (Å²) in [5, 5.41) is 11.5. The first kappa shape index (κ1) is 10.6. The molecule has 0 bridgehead atoms. The maximum atomic E-state index is 4.01. The zero-order chi connectivity index (χ0) is 10.7. The first-order valence-corrected chi connectivity index (χ1v) is 5.89. The van der Waals surface area contributed by atoms with Crippen molar-refractivity contribution in [2.24, 2.45) is 7.05 Å². The van der Waals surface area contributed by atoms with Gasteiger partial charge in [0.2, 0.25) is 0 Å². The van der Waals surface area contributed by atoms with Crippen LogP contribution in [0.15, 0.2) is 6.20 Å². The fraction of sp³-hybridized carbons (Fsp3) is 0.818. The van der Waals surface area contributed by atoms with Gasteiger partial charge in [-0.3, -0.25) is 4.68 Å². The van der Waals surface area contributed by atoms with Crippen LogP contribution in [0.4, 0.5) is 0 Å². The average molecular weight is 208 g/mol. The van der Waals surface area contributed by atoms with Crippen molar-refractivity contribution in [2.45, 2.75) is 44.6 Å². The monoisotopic (exact) mass is 208 g/mol. The van der Waals surface area contributed by atoms with Crippen LogP contribution in [0.3, 0.4) is 0 Å². The predicted molar refractivity (Wildman–Crippen MR) is 59.7 cm³/mol. The normalized spacial score (nSPS) is 26.8. The molecule has 1 heterocycles. The second-order valence-corrected chi connectivity index (χ2v) is 4.40. The maximum Gasteiger partial charge on any atom is 0.0727 e. The third-order valence-electron chi connectivity index (χ3n) is 3.33. The van der Waals surface area contributed by atoms with Crippen LogP contribution in [0.1, 0.15) is 44.2 Å². The van der Waals surface area contributed by atoms with Crippen molar-refractivity contribution in [2.75, 3.05) is 6.54 Å². The van der Waals surface area contributed by atoms with E-state index < -0.39 is 0 Å². The van der Waals surface area contributed by atoms with E-state index in [4.69, 9.17) is 0 Å². The van der Waals surface area contributed by atoms with Crippen LogP contribution in [0.2, 0.25) is 0 Å². The number of aryl methyl sites for hydroxylation is 1. The summed E-state index contributed by atoms with van der Waals surface area (Å²) in [6.45, 7) is 3.25. The smallest absolute Gasteiger partial charge is 0.0727 e. The van der Waals surface area contributed by atoms with Gasteiger partial charge in [-0.2, -0.15) is 0 Å². The molecular formula is C11H20N4. The lowest BCUT2D eigenvalue weighted by Gasteiger charge is -2.29. The van der Waals surface area contributed by atoms with Crippen LogP contribution >= 0.6 is 0 Å². The second kappa shape index (κ2) is 4.75. The van der Waals surface area contributed by atoms with Crippen LogP contribution in [-0.4, -0.2) is 27.6 Å². The minimum absolute atomic E-state index is 0.641. The molecule has 1 aromatic heterocycles. The lowest BCUT2D eigenvalue weighted by molar-refractivity contribution is 0.335. The van der Waals surface area contributed by atoms with Crippen LogP contribution in [0.5, 0.6) is 0 Å². The van der Waals surface area contributed by atoms with E-state index in [0.717, 1.165) is 6.54 Å². The SMILES string of the molecule is CCNC1CCCC(c2cnnn2C)C1. The zero-order valence-electron chi connectivity index (χ0n) is 9.61.